The number of benzene rings is 3. The molecule has 0 radical (unpaired) electrons. The van der Waals surface area contributed by atoms with Crippen molar-refractivity contribution in [2.24, 2.45) is 0 Å². The molecule has 9 nitrogen and oxygen atoms in total. The number of alkyl halides is 3. The van der Waals surface area contributed by atoms with Crippen LogP contribution >= 0.6 is 34.8 Å². The van der Waals surface area contributed by atoms with Crippen molar-refractivity contribution in [3.8, 4) is 23.0 Å². The molecular weight excluding hydrogens is 594 g/mol. The Balaban J connectivity index is 0.000000387. The standard InChI is InChI=1S/C18H13ClF3NO7.C6H2Cl2O/c1-10(24)28-6-7-29-17(25)13-9-12(3-4-15(13)23(26)27)30-16-5-2-11(8-14(16)19)18(20,21)22;7-3-1-2-4-5(8)6(3)9-4/h2-5,8-9H,6-7H2,1H3;1-2H. The number of nitro groups is 1. The number of hydrogen-bond acceptors (Lipinski definition) is 8. The largest absolute Gasteiger partial charge is 0.462 e. The number of carbonyl (C=O) groups excluding carboxylic acids is 2. The monoisotopic (exact) mass is 607 g/mol. The van der Waals surface area contributed by atoms with Crippen LogP contribution < -0.4 is 9.47 Å². The highest BCUT2D eigenvalue weighted by Gasteiger charge is 2.31. The van der Waals surface area contributed by atoms with Crippen LogP contribution in [0.1, 0.15) is 22.8 Å². The Labute approximate surface area is 233 Å². The highest BCUT2D eigenvalue weighted by molar-refractivity contribution is 6.39. The fourth-order valence-corrected chi connectivity index (χ4v) is 3.64. The van der Waals surface area contributed by atoms with Crippen LogP contribution in [0.2, 0.25) is 15.1 Å². The van der Waals surface area contributed by atoms with E-state index in [-0.39, 0.29) is 29.7 Å². The molecule has 2 heterocycles. The molecule has 15 heteroatoms. The van der Waals surface area contributed by atoms with E-state index in [1.807, 2.05) is 0 Å². The zero-order valence-corrected chi connectivity index (χ0v) is 21.8. The van der Waals surface area contributed by atoms with Gasteiger partial charge in [-0.05, 0) is 36.4 Å². The van der Waals surface area contributed by atoms with Gasteiger partial charge in [0.1, 0.15) is 41.0 Å². The topological polar surface area (TPSA) is 114 Å². The first-order chi connectivity index (χ1) is 18.3. The summed E-state index contributed by atoms with van der Waals surface area (Å²) < 4.78 is 57.9. The van der Waals surface area contributed by atoms with Crippen molar-refractivity contribution < 1.29 is 46.6 Å². The molecule has 0 amide bonds. The number of hydrogen-bond donors (Lipinski definition) is 0. The van der Waals surface area contributed by atoms with E-state index in [1.54, 1.807) is 12.1 Å². The highest BCUT2D eigenvalue weighted by atomic mass is 35.5. The molecule has 3 aromatic rings. The van der Waals surface area contributed by atoms with Gasteiger partial charge in [-0.3, -0.25) is 14.9 Å². The van der Waals surface area contributed by atoms with E-state index in [9.17, 15) is 32.9 Å². The molecule has 0 spiro atoms. The van der Waals surface area contributed by atoms with Gasteiger partial charge in [-0.1, -0.05) is 34.8 Å². The molecule has 0 saturated heterocycles. The molecule has 0 aliphatic carbocycles. The van der Waals surface area contributed by atoms with E-state index in [0.29, 0.717) is 21.9 Å². The summed E-state index contributed by atoms with van der Waals surface area (Å²) in [5.41, 5.74) is -2.04. The molecule has 0 atom stereocenters. The summed E-state index contributed by atoms with van der Waals surface area (Å²) in [6, 6.07) is 8.99. The van der Waals surface area contributed by atoms with Gasteiger partial charge in [0.05, 0.1) is 20.5 Å². The van der Waals surface area contributed by atoms with E-state index in [2.05, 4.69) is 4.74 Å². The van der Waals surface area contributed by atoms with Crippen molar-refractivity contribution in [1.82, 2.24) is 0 Å². The lowest BCUT2D eigenvalue weighted by Crippen LogP contribution is -2.14. The molecule has 5 rings (SSSR count). The zero-order chi connectivity index (χ0) is 28.9. The fourth-order valence-electron chi connectivity index (χ4n) is 2.94. The molecule has 2 bridgehead atoms. The number of halogens is 6. The molecule has 2 aliphatic rings. The van der Waals surface area contributed by atoms with Gasteiger partial charge in [0.25, 0.3) is 5.69 Å². The van der Waals surface area contributed by atoms with E-state index < -0.39 is 39.9 Å². The van der Waals surface area contributed by atoms with Crippen molar-refractivity contribution in [3.63, 3.8) is 0 Å². The first kappa shape index (κ1) is 29.8. The lowest BCUT2D eigenvalue weighted by atomic mass is 10.1. The maximum absolute atomic E-state index is 12.7. The van der Waals surface area contributed by atoms with E-state index in [0.717, 1.165) is 43.0 Å². The van der Waals surface area contributed by atoms with Crippen molar-refractivity contribution >= 4 is 52.4 Å². The second-order valence-corrected chi connectivity index (χ2v) is 8.64. The van der Waals surface area contributed by atoms with Crippen LogP contribution in [0.3, 0.4) is 0 Å². The van der Waals surface area contributed by atoms with Crippen molar-refractivity contribution in [1.29, 1.82) is 0 Å². The van der Waals surface area contributed by atoms with Gasteiger partial charge in [0, 0.05) is 19.1 Å². The first-order valence-electron chi connectivity index (χ1n) is 10.6. The number of carbonyl (C=O) groups is 2. The summed E-state index contributed by atoms with van der Waals surface area (Å²) in [6.45, 7) is 0.567. The Morgan fingerprint density at radius 3 is 2.18 bits per heavy atom. The van der Waals surface area contributed by atoms with Gasteiger partial charge in [0.15, 0.2) is 5.75 Å². The predicted octanol–water partition coefficient (Wildman–Crippen LogP) is 7.88. The number of ether oxygens (including phenoxy) is 4. The third-order valence-corrected chi connectivity index (χ3v) is 5.67. The number of esters is 2. The van der Waals surface area contributed by atoms with Gasteiger partial charge >= 0.3 is 18.1 Å². The minimum Gasteiger partial charge on any atom is -0.462 e. The summed E-state index contributed by atoms with van der Waals surface area (Å²) in [4.78, 5) is 33.2. The van der Waals surface area contributed by atoms with Crippen molar-refractivity contribution in [2.75, 3.05) is 13.2 Å². The average Bonchev–Trinajstić information content (AvgIpc) is 2.86. The number of fused-ring (bicyclic) bond motifs is 2. The molecule has 206 valence electrons. The molecule has 2 aliphatic heterocycles. The van der Waals surface area contributed by atoms with Gasteiger partial charge in [-0.25, -0.2) is 4.79 Å². The Morgan fingerprint density at radius 2 is 1.67 bits per heavy atom. The molecule has 0 N–H and O–H groups in total. The van der Waals surface area contributed by atoms with Crippen LogP contribution in [0.25, 0.3) is 0 Å². The SMILES string of the molecule is CC(=O)OCCOC(=O)c1cc(Oc2ccc(C(F)(F)F)cc2Cl)ccc1[N+](=O)[O-].Clc1ccc2c(Cl)c1O2. The van der Waals surface area contributed by atoms with E-state index >= 15 is 0 Å². The molecule has 0 fully saturated rings. The quantitative estimate of drug-likeness (QED) is 0.0901. The Kier molecular flexibility index (Phi) is 9.49. The normalized spacial score (nSPS) is 11.3. The molecule has 3 aromatic carbocycles. The van der Waals surface area contributed by atoms with E-state index in [4.69, 9.17) is 49.0 Å². The molecule has 0 unspecified atom stereocenters. The number of rotatable bonds is 7. The maximum Gasteiger partial charge on any atom is 0.416 e. The summed E-state index contributed by atoms with van der Waals surface area (Å²) in [7, 11) is 0. The summed E-state index contributed by atoms with van der Waals surface area (Å²) >= 11 is 17.1. The summed E-state index contributed by atoms with van der Waals surface area (Å²) in [5.74, 6) is -0.618. The molecular formula is C24H15Cl3F3NO8. The Morgan fingerprint density at radius 1 is 0.974 bits per heavy atom. The summed E-state index contributed by atoms with van der Waals surface area (Å²) in [5, 5.41) is 12.0. The Bertz CT molecular complexity index is 1430. The van der Waals surface area contributed by atoms with Crippen LogP contribution in [-0.2, 0) is 20.4 Å². The minimum absolute atomic E-state index is 0.103. The fraction of sp³-hybridized carbons (Fsp3) is 0.167. The van der Waals surface area contributed by atoms with Crippen LogP contribution in [-0.4, -0.2) is 30.1 Å². The van der Waals surface area contributed by atoms with Crippen molar-refractivity contribution in [3.05, 3.63) is 84.8 Å². The number of nitrogens with zero attached hydrogens (tertiary/aromatic N) is 1. The van der Waals surface area contributed by atoms with Gasteiger partial charge in [-0.2, -0.15) is 13.2 Å². The third kappa shape index (κ3) is 7.65. The molecule has 39 heavy (non-hydrogen) atoms. The smallest absolute Gasteiger partial charge is 0.416 e. The first-order valence-corrected chi connectivity index (χ1v) is 11.7. The van der Waals surface area contributed by atoms with Crippen LogP contribution in [0, 0.1) is 10.1 Å². The second-order valence-electron chi connectivity index (χ2n) is 7.45. The zero-order valence-electron chi connectivity index (χ0n) is 19.5. The second kappa shape index (κ2) is 12.4. The van der Waals surface area contributed by atoms with Crippen LogP contribution in [0.15, 0.2) is 48.5 Å². The highest BCUT2D eigenvalue weighted by Crippen LogP contribution is 2.50. The minimum atomic E-state index is -4.60. The number of nitro benzene ring substituents is 1. The van der Waals surface area contributed by atoms with Crippen LogP contribution in [0.5, 0.6) is 23.0 Å². The maximum atomic E-state index is 12.7. The Hall–Kier alpha value is -3.74. The van der Waals surface area contributed by atoms with Gasteiger partial charge < -0.3 is 18.9 Å². The third-order valence-electron chi connectivity index (χ3n) is 4.72. The summed E-state index contributed by atoms with van der Waals surface area (Å²) in [6.07, 6.45) is -4.60. The van der Waals surface area contributed by atoms with Crippen molar-refractivity contribution in [2.45, 2.75) is 13.1 Å². The van der Waals surface area contributed by atoms with Gasteiger partial charge in [-0.15, -0.1) is 0 Å². The molecule has 0 aromatic heterocycles. The lowest BCUT2D eigenvalue weighted by Gasteiger charge is -2.20. The average molecular weight is 609 g/mol. The predicted molar refractivity (Wildman–Crippen MR) is 133 cm³/mol. The van der Waals surface area contributed by atoms with Crippen LogP contribution in [0.4, 0.5) is 18.9 Å². The van der Waals surface area contributed by atoms with Gasteiger partial charge in [0.2, 0.25) is 0 Å². The van der Waals surface area contributed by atoms with E-state index in [1.165, 1.54) is 0 Å². The molecule has 0 saturated carbocycles. The lowest BCUT2D eigenvalue weighted by molar-refractivity contribution is -0.385.